The molecule has 5 aliphatic rings. The molecule has 5 aliphatic carbocycles. The summed E-state index contributed by atoms with van der Waals surface area (Å²) in [6.07, 6.45) is 9.68. The molecular formula is C48H64O3. The minimum Gasteiger partial charge on any atom is -0.508 e. The van der Waals surface area contributed by atoms with Crippen LogP contribution in [0.3, 0.4) is 0 Å². The van der Waals surface area contributed by atoms with Gasteiger partial charge in [-0.15, -0.1) is 0 Å². The molecule has 0 heterocycles. The molecule has 0 aromatic heterocycles. The van der Waals surface area contributed by atoms with E-state index < -0.39 is 0 Å². The first kappa shape index (κ1) is 37.5. The monoisotopic (exact) mass is 688 g/mol. The molecule has 4 fully saturated rings. The van der Waals surface area contributed by atoms with Crippen molar-refractivity contribution in [2.75, 3.05) is 0 Å². The van der Waals surface area contributed by atoms with Crippen LogP contribution in [0.2, 0.25) is 0 Å². The van der Waals surface area contributed by atoms with Crippen LogP contribution in [-0.2, 0) is 4.74 Å². The molecule has 4 bridgehead atoms. The van der Waals surface area contributed by atoms with E-state index in [2.05, 4.69) is 116 Å². The van der Waals surface area contributed by atoms with E-state index in [9.17, 15) is 0 Å². The average Bonchev–Trinajstić information content (AvgIpc) is 3.39. The van der Waals surface area contributed by atoms with E-state index >= 15 is 0 Å². The highest BCUT2D eigenvalue weighted by Gasteiger charge is 2.49. The van der Waals surface area contributed by atoms with E-state index in [0.29, 0.717) is 41.4 Å². The summed E-state index contributed by atoms with van der Waals surface area (Å²) in [6.45, 7) is 18.0. The quantitative estimate of drug-likeness (QED) is 0.178. The van der Waals surface area contributed by atoms with E-state index in [1.165, 1.54) is 71.6 Å². The molecule has 9 rings (SSSR count). The van der Waals surface area contributed by atoms with Crippen molar-refractivity contribution < 1.29 is 14.6 Å². The standard InChI is InChI=1S/C24H36O2.C14H14.C10H14O/c1-5-16(4)19-6-8-22(9-7-19)25-24(15(2)3)26-23-20-11-17-10-18(13-20)14-21(23)12-17;1-9-10(2)13-8-4-6-11-5-3-7-12(9)14(11)13;1-3-8(2)9-4-6-10(11)7-5-9/h6-9,15-18,20-21,23-24H,5,10-14H2,1-4H3;3-10H,1-2H3;4-8,11H,3H2,1-2H3. The van der Waals surface area contributed by atoms with Crippen LogP contribution in [0.5, 0.6) is 11.5 Å². The molecule has 1 N–H and O–H groups in total. The molecule has 0 amide bonds. The van der Waals surface area contributed by atoms with Crippen molar-refractivity contribution in [3.05, 3.63) is 107 Å². The number of hydrogen-bond acceptors (Lipinski definition) is 3. The number of ether oxygens (including phenoxy) is 2. The number of hydrogen-bond donors (Lipinski definition) is 1. The summed E-state index contributed by atoms with van der Waals surface area (Å²) in [6, 6.07) is 29.4. The lowest BCUT2D eigenvalue weighted by atomic mass is 9.55. The molecule has 5 atom stereocenters. The van der Waals surface area contributed by atoms with E-state index in [1.54, 1.807) is 12.1 Å². The Morgan fingerprint density at radius 3 is 1.55 bits per heavy atom. The Bertz CT molecular complexity index is 1620. The highest BCUT2D eigenvalue weighted by molar-refractivity contribution is 5.92. The predicted molar refractivity (Wildman–Crippen MR) is 214 cm³/mol. The van der Waals surface area contributed by atoms with Crippen molar-refractivity contribution in [1.29, 1.82) is 0 Å². The topological polar surface area (TPSA) is 38.7 Å². The van der Waals surface area contributed by atoms with Gasteiger partial charge < -0.3 is 14.6 Å². The SMILES string of the molecule is CC1c2cccc3cccc(c23)C1C.CCC(C)c1ccc(O)cc1.CCC(C)c1ccc(OC(OC2C3CC4CC(C3)CC2C4)C(C)C)cc1. The number of aromatic hydroxyl groups is 1. The first-order chi connectivity index (χ1) is 24.6. The summed E-state index contributed by atoms with van der Waals surface area (Å²) in [5.74, 6) is 7.75. The molecule has 4 aromatic carbocycles. The van der Waals surface area contributed by atoms with Crippen molar-refractivity contribution >= 4 is 10.8 Å². The largest absolute Gasteiger partial charge is 0.508 e. The predicted octanol–water partition coefficient (Wildman–Crippen LogP) is 13.4. The van der Waals surface area contributed by atoms with E-state index in [4.69, 9.17) is 14.6 Å². The fourth-order valence-electron chi connectivity index (χ4n) is 9.55. The number of rotatable bonds is 9. The Kier molecular flexibility index (Phi) is 12.2. The molecule has 4 aromatic rings. The van der Waals surface area contributed by atoms with Gasteiger partial charge in [-0.1, -0.05) is 116 Å². The fraction of sp³-hybridized carbons (Fsp3) is 0.542. The molecular weight excluding hydrogens is 625 g/mol. The Labute approximate surface area is 309 Å². The van der Waals surface area contributed by atoms with Gasteiger partial charge in [-0.3, -0.25) is 0 Å². The molecule has 4 saturated carbocycles. The smallest absolute Gasteiger partial charge is 0.202 e. The van der Waals surface area contributed by atoms with Crippen molar-refractivity contribution in [3.8, 4) is 11.5 Å². The average molecular weight is 689 g/mol. The van der Waals surface area contributed by atoms with Crippen LogP contribution >= 0.6 is 0 Å². The van der Waals surface area contributed by atoms with E-state index in [0.717, 1.165) is 35.8 Å². The summed E-state index contributed by atoms with van der Waals surface area (Å²) in [7, 11) is 0. The van der Waals surface area contributed by atoms with Crippen molar-refractivity contribution in [1.82, 2.24) is 0 Å². The van der Waals surface area contributed by atoms with E-state index in [-0.39, 0.29) is 6.29 Å². The van der Waals surface area contributed by atoms with Gasteiger partial charge in [0, 0.05) is 5.92 Å². The second-order valence-corrected chi connectivity index (χ2v) is 16.9. The lowest BCUT2D eigenvalue weighted by Gasteiger charge is -2.54. The number of benzene rings is 4. The van der Waals surface area contributed by atoms with Gasteiger partial charge in [-0.25, -0.2) is 0 Å². The van der Waals surface area contributed by atoms with Crippen LogP contribution in [0.25, 0.3) is 10.8 Å². The Balaban J connectivity index is 0.000000149. The van der Waals surface area contributed by atoms with Crippen molar-refractivity contribution in [2.24, 2.45) is 29.6 Å². The molecule has 0 spiro atoms. The van der Waals surface area contributed by atoms with Crippen LogP contribution in [0, 0.1) is 29.6 Å². The summed E-state index contributed by atoms with van der Waals surface area (Å²) >= 11 is 0. The maximum atomic E-state index is 9.01. The third-order valence-corrected chi connectivity index (χ3v) is 13.1. The van der Waals surface area contributed by atoms with Crippen LogP contribution in [0.15, 0.2) is 84.9 Å². The lowest BCUT2D eigenvalue weighted by molar-refractivity contribution is -0.210. The molecule has 0 saturated heterocycles. The van der Waals surface area contributed by atoms with Crippen molar-refractivity contribution in [2.45, 2.75) is 136 Å². The third kappa shape index (κ3) is 8.51. The van der Waals surface area contributed by atoms with Crippen LogP contribution in [0.4, 0.5) is 0 Å². The normalized spacial score (nSPS) is 27.3. The summed E-state index contributed by atoms with van der Waals surface area (Å²) in [4.78, 5) is 0. The highest BCUT2D eigenvalue weighted by Crippen LogP contribution is 2.55. The van der Waals surface area contributed by atoms with E-state index in [1.807, 2.05) is 12.1 Å². The second kappa shape index (κ2) is 16.6. The Hall–Kier alpha value is -3.30. The Morgan fingerprint density at radius 2 is 1.10 bits per heavy atom. The summed E-state index contributed by atoms with van der Waals surface area (Å²) < 4.78 is 13.0. The van der Waals surface area contributed by atoms with Gasteiger partial charge in [-0.2, -0.15) is 0 Å². The van der Waals surface area contributed by atoms with Gasteiger partial charge in [0.1, 0.15) is 11.5 Å². The molecule has 0 radical (unpaired) electrons. The maximum Gasteiger partial charge on any atom is 0.202 e. The highest BCUT2D eigenvalue weighted by atomic mass is 16.7. The van der Waals surface area contributed by atoms with Crippen LogP contribution in [-0.4, -0.2) is 17.5 Å². The third-order valence-electron chi connectivity index (χ3n) is 13.1. The number of phenolic OH excluding ortho intramolecular Hbond substituents is 1. The van der Waals surface area contributed by atoms with Gasteiger partial charge in [-0.05, 0) is 150 Å². The van der Waals surface area contributed by atoms with Gasteiger partial charge in [0.15, 0.2) is 0 Å². The second-order valence-electron chi connectivity index (χ2n) is 16.9. The van der Waals surface area contributed by atoms with Gasteiger partial charge in [0.05, 0.1) is 6.10 Å². The zero-order valence-corrected chi connectivity index (χ0v) is 32.6. The van der Waals surface area contributed by atoms with Crippen LogP contribution < -0.4 is 4.74 Å². The van der Waals surface area contributed by atoms with Crippen molar-refractivity contribution in [3.63, 3.8) is 0 Å². The minimum atomic E-state index is -0.132. The van der Waals surface area contributed by atoms with Gasteiger partial charge >= 0.3 is 0 Å². The minimum absolute atomic E-state index is 0.132. The number of phenols is 1. The van der Waals surface area contributed by atoms with Gasteiger partial charge in [0.2, 0.25) is 6.29 Å². The molecule has 3 nitrogen and oxygen atoms in total. The summed E-state index contributed by atoms with van der Waals surface area (Å²) in [5.41, 5.74) is 5.75. The Morgan fingerprint density at radius 1 is 0.627 bits per heavy atom. The maximum absolute atomic E-state index is 9.01. The molecule has 274 valence electrons. The summed E-state index contributed by atoms with van der Waals surface area (Å²) in [5, 5.41) is 11.9. The zero-order chi connectivity index (χ0) is 36.2. The fourth-order valence-corrected chi connectivity index (χ4v) is 9.55. The first-order valence-corrected chi connectivity index (χ1v) is 20.3. The van der Waals surface area contributed by atoms with Crippen LogP contribution in [0.1, 0.15) is 146 Å². The van der Waals surface area contributed by atoms with Gasteiger partial charge in [0.25, 0.3) is 0 Å². The zero-order valence-electron chi connectivity index (χ0n) is 32.6. The molecule has 3 heteroatoms. The molecule has 5 unspecified atom stereocenters. The lowest BCUT2D eigenvalue weighted by Crippen LogP contribution is -2.51. The molecule has 0 aliphatic heterocycles. The molecule has 51 heavy (non-hydrogen) atoms. The first-order valence-electron chi connectivity index (χ1n) is 20.3.